The van der Waals surface area contributed by atoms with E-state index in [0.717, 1.165) is 13.1 Å². The van der Waals surface area contributed by atoms with Crippen LogP contribution in [0, 0.1) is 0 Å². The van der Waals surface area contributed by atoms with Gasteiger partial charge in [0.15, 0.2) is 0 Å². The molecule has 0 amide bonds. The first-order chi connectivity index (χ1) is 5.29. The summed E-state index contributed by atoms with van der Waals surface area (Å²) in [6.07, 6.45) is 3.76. The van der Waals surface area contributed by atoms with Crippen LogP contribution in [0.5, 0.6) is 0 Å². The van der Waals surface area contributed by atoms with Crippen molar-refractivity contribution >= 4 is 0 Å². The highest BCUT2D eigenvalue weighted by atomic mass is 15.4. The van der Waals surface area contributed by atoms with Crippen LogP contribution in [-0.2, 0) is 0 Å². The third-order valence-corrected chi connectivity index (χ3v) is 2.02. The average molecular weight is 156 g/mol. The van der Waals surface area contributed by atoms with Crippen molar-refractivity contribution in [3.8, 4) is 0 Å². The Morgan fingerprint density at radius 2 is 2.36 bits per heavy atom. The number of rotatable bonds is 3. The molecule has 1 aliphatic heterocycles. The molecule has 0 saturated carbocycles. The van der Waals surface area contributed by atoms with Crippen molar-refractivity contribution in [3.63, 3.8) is 0 Å². The Morgan fingerprint density at radius 1 is 1.55 bits per heavy atom. The van der Waals surface area contributed by atoms with Crippen LogP contribution in [0.25, 0.3) is 0 Å². The van der Waals surface area contributed by atoms with Crippen LogP contribution in [0.15, 0.2) is 0 Å². The minimum Gasteiger partial charge on any atom is -0.309 e. The highest BCUT2D eigenvalue weighted by Crippen LogP contribution is 2.05. The summed E-state index contributed by atoms with van der Waals surface area (Å²) in [5.41, 5.74) is 7.34. The fourth-order valence-electron chi connectivity index (χ4n) is 1.30. The third kappa shape index (κ3) is 3.70. The second-order valence-corrected chi connectivity index (χ2v) is 3.44. The molecule has 1 rings (SSSR count). The SMILES string of the molecule is CN(C)CCC1CCC[N]N1. The second-order valence-electron chi connectivity index (χ2n) is 3.44. The zero-order valence-electron chi connectivity index (χ0n) is 7.51. The normalized spacial score (nSPS) is 25.9. The van der Waals surface area contributed by atoms with Gasteiger partial charge in [-0.1, -0.05) is 0 Å². The molecule has 1 heterocycles. The molecule has 0 aliphatic carbocycles. The van der Waals surface area contributed by atoms with E-state index in [0.29, 0.717) is 6.04 Å². The average Bonchev–Trinajstić information content (AvgIpc) is 2.03. The second kappa shape index (κ2) is 4.70. The molecule has 1 unspecified atom stereocenters. The van der Waals surface area contributed by atoms with Crippen molar-refractivity contribution in [2.75, 3.05) is 27.2 Å². The molecule has 11 heavy (non-hydrogen) atoms. The third-order valence-electron chi connectivity index (χ3n) is 2.02. The summed E-state index contributed by atoms with van der Waals surface area (Å²) in [7, 11) is 4.22. The van der Waals surface area contributed by atoms with Gasteiger partial charge in [-0.05, 0) is 39.9 Å². The summed E-state index contributed by atoms with van der Waals surface area (Å²) in [5.74, 6) is 0. The van der Waals surface area contributed by atoms with E-state index < -0.39 is 0 Å². The van der Waals surface area contributed by atoms with Gasteiger partial charge in [0, 0.05) is 12.6 Å². The molecule has 0 aromatic heterocycles. The van der Waals surface area contributed by atoms with Gasteiger partial charge < -0.3 is 4.90 Å². The standard InChI is InChI=1S/C8H18N3/c1-11(2)7-5-8-4-3-6-9-10-8/h8,10H,3-7H2,1-2H3. The zero-order valence-corrected chi connectivity index (χ0v) is 7.51. The Bertz CT molecular complexity index is 97.5. The van der Waals surface area contributed by atoms with Gasteiger partial charge in [-0.25, -0.2) is 5.43 Å². The highest BCUT2D eigenvalue weighted by Gasteiger charge is 2.12. The van der Waals surface area contributed by atoms with Crippen LogP contribution >= 0.6 is 0 Å². The lowest BCUT2D eigenvalue weighted by molar-refractivity contribution is 0.287. The Hall–Kier alpha value is -0.120. The maximum atomic E-state index is 4.17. The van der Waals surface area contributed by atoms with E-state index in [1.165, 1.54) is 19.3 Å². The minimum atomic E-state index is 0.631. The molecule has 1 atom stereocenters. The first-order valence-electron chi connectivity index (χ1n) is 4.36. The molecule has 0 bridgehead atoms. The van der Waals surface area contributed by atoms with Gasteiger partial charge >= 0.3 is 0 Å². The molecule has 65 valence electrons. The van der Waals surface area contributed by atoms with E-state index in [2.05, 4.69) is 29.8 Å². The molecule has 1 fully saturated rings. The zero-order chi connectivity index (χ0) is 8.10. The van der Waals surface area contributed by atoms with Crippen molar-refractivity contribution in [1.82, 2.24) is 15.8 Å². The predicted molar refractivity (Wildman–Crippen MR) is 46.3 cm³/mol. The van der Waals surface area contributed by atoms with Crippen LogP contribution in [0.2, 0.25) is 0 Å². The Morgan fingerprint density at radius 3 is 2.91 bits per heavy atom. The van der Waals surface area contributed by atoms with Crippen molar-refractivity contribution in [2.24, 2.45) is 0 Å². The molecule has 0 spiro atoms. The fraction of sp³-hybridized carbons (Fsp3) is 1.00. The van der Waals surface area contributed by atoms with Crippen LogP contribution < -0.4 is 10.9 Å². The van der Waals surface area contributed by atoms with E-state index in [-0.39, 0.29) is 0 Å². The molecule has 1 N–H and O–H groups in total. The summed E-state index contributed by atoms with van der Waals surface area (Å²) < 4.78 is 0. The van der Waals surface area contributed by atoms with Crippen LogP contribution in [-0.4, -0.2) is 38.1 Å². The molecule has 1 aliphatic rings. The number of hydrogen-bond acceptors (Lipinski definition) is 2. The predicted octanol–water partition coefficient (Wildman–Crippen LogP) is 0.210. The maximum Gasteiger partial charge on any atom is 0.0305 e. The molecule has 1 saturated heterocycles. The molecular weight excluding hydrogens is 138 g/mol. The molecule has 0 aromatic carbocycles. The lowest BCUT2D eigenvalue weighted by Gasteiger charge is -2.23. The highest BCUT2D eigenvalue weighted by molar-refractivity contribution is 4.69. The monoisotopic (exact) mass is 156 g/mol. The number of hydrogen-bond donors (Lipinski definition) is 1. The van der Waals surface area contributed by atoms with Gasteiger partial charge in [0.05, 0.1) is 0 Å². The fourth-order valence-corrected chi connectivity index (χ4v) is 1.30. The maximum absolute atomic E-state index is 4.17. The largest absolute Gasteiger partial charge is 0.309 e. The lowest BCUT2D eigenvalue weighted by Crippen LogP contribution is -2.42. The molecule has 1 radical (unpaired) electrons. The summed E-state index contributed by atoms with van der Waals surface area (Å²) in [6, 6.07) is 0.631. The molecule has 3 nitrogen and oxygen atoms in total. The van der Waals surface area contributed by atoms with Crippen LogP contribution in [0.4, 0.5) is 0 Å². The first-order valence-corrected chi connectivity index (χ1v) is 4.36. The van der Waals surface area contributed by atoms with Gasteiger partial charge in [-0.3, -0.25) is 0 Å². The minimum absolute atomic E-state index is 0.631. The lowest BCUT2D eigenvalue weighted by atomic mass is 10.1. The quantitative estimate of drug-likeness (QED) is 0.633. The van der Waals surface area contributed by atoms with Crippen molar-refractivity contribution in [1.29, 1.82) is 0 Å². The molecular formula is C8H18N3. The summed E-state index contributed by atoms with van der Waals surface area (Å²) >= 11 is 0. The molecule has 3 heteroatoms. The van der Waals surface area contributed by atoms with E-state index >= 15 is 0 Å². The van der Waals surface area contributed by atoms with Crippen molar-refractivity contribution in [3.05, 3.63) is 0 Å². The van der Waals surface area contributed by atoms with Crippen molar-refractivity contribution in [2.45, 2.75) is 25.3 Å². The smallest absolute Gasteiger partial charge is 0.0305 e. The van der Waals surface area contributed by atoms with Crippen LogP contribution in [0.1, 0.15) is 19.3 Å². The van der Waals surface area contributed by atoms with E-state index in [1.54, 1.807) is 0 Å². The van der Waals surface area contributed by atoms with Gasteiger partial charge in [0.1, 0.15) is 0 Å². The van der Waals surface area contributed by atoms with Gasteiger partial charge in [-0.15, -0.1) is 0 Å². The van der Waals surface area contributed by atoms with Gasteiger partial charge in [0.25, 0.3) is 0 Å². The van der Waals surface area contributed by atoms with E-state index in [4.69, 9.17) is 0 Å². The Balaban J connectivity index is 2.05. The van der Waals surface area contributed by atoms with E-state index in [9.17, 15) is 0 Å². The topological polar surface area (TPSA) is 29.4 Å². The van der Waals surface area contributed by atoms with Crippen LogP contribution in [0.3, 0.4) is 0 Å². The molecule has 0 aromatic rings. The first kappa shape index (κ1) is 8.97. The van der Waals surface area contributed by atoms with Gasteiger partial charge in [-0.2, -0.15) is 5.43 Å². The summed E-state index contributed by atoms with van der Waals surface area (Å²) in [4.78, 5) is 2.22. The summed E-state index contributed by atoms with van der Waals surface area (Å²) in [6.45, 7) is 2.16. The summed E-state index contributed by atoms with van der Waals surface area (Å²) in [5, 5.41) is 0. The van der Waals surface area contributed by atoms with Crippen molar-refractivity contribution < 1.29 is 0 Å². The number of nitrogens with one attached hydrogen (secondary N) is 1. The van der Waals surface area contributed by atoms with E-state index in [1.807, 2.05) is 0 Å². The Labute approximate surface area is 69.1 Å². The Kier molecular flexibility index (Phi) is 3.83. The van der Waals surface area contributed by atoms with Gasteiger partial charge in [0.2, 0.25) is 0 Å². The number of nitrogens with zero attached hydrogens (tertiary/aromatic N) is 2.